The van der Waals surface area contributed by atoms with Crippen LogP contribution in [-0.2, 0) is 0 Å². The van der Waals surface area contributed by atoms with E-state index in [-0.39, 0.29) is 0 Å². The van der Waals surface area contributed by atoms with Crippen LogP contribution >= 0.6 is 22.9 Å². The van der Waals surface area contributed by atoms with Crippen molar-refractivity contribution in [3.05, 3.63) is 47.5 Å². The predicted molar refractivity (Wildman–Crippen MR) is 85.5 cm³/mol. The molecule has 0 bridgehead atoms. The molecule has 5 heteroatoms. The van der Waals surface area contributed by atoms with Gasteiger partial charge in [0.15, 0.2) is 5.13 Å². The molecule has 0 atom stereocenters. The van der Waals surface area contributed by atoms with Gasteiger partial charge in [0.2, 0.25) is 0 Å². The summed E-state index contributed by atoms with van der Waals surface area (Å²) in [7, 11) is 0. The van der Waals surface area contributed by atoms with Crippen LogP contribution in [0.25, 0.3) is 10.2 Å². The third-order valence-corrected chi connectivity index (χ3v) is 4.23. The monoisotopic (exact) mass is 304 g/mol. The maximum atomic E-state index is 6.16. The number of hydrogen-bond donors (Lipinski definition) is 1. The number of ether oxygens (including phenoxy) is 1. The fourth-order valence-corrected chi connectivity index (χ4v) is 3.07. The summed E-state index contributed by atoms with van der Waals surface area (Å²) < 4.78 is 6.42. The van der Waals surface area contributed by atoms with Crippen molar-refractivity contribution in [1.82, 2.24) is 4.98 Å². The van der Waals surface area contributed by atoms with Crippen LogP contribution in [0.5, 0.6) is 5.75 Å². The Labute approximate surface area is 126 Å². The number of hydrogen-bond acceptors (Lipinski definition) is 4. The molecule has 0 saturated heterocycles. The largest absolute Gasteiger partial charge is 0.494 e. The molecule has 0 radical (unpaired) electrons. The first-order valence-electron chi connectivity index (χ1n) is 6.31. The van der Waals surface area contributed by atoms with Crippen LogP contribution in [0, 0.1) is 0 Å². The number of halogens is 1. The Balaban J connectivity index is 1.83. The lowest BCUT2D eigenvalue weighted by molar-refractivity contribution is 0.340. The molecular weight excluding hydrogens is 292 g/mol. The third kappa shape index (κ3) is 2.71. The molecule has 0 fully saturated rings. The molecule has 0 saturated carbocycles. The first-order chi connectivity index (χ1) is 9.76. The molecule has 0 unspecified atom stereocenters. The number of nitrogens with zero attached hydrogens (tertiary/aromatic N) is 1. The zero-order valence-electron chi connectivity index (χ0n) is 10.9. The molecule has 0 spiro atoms. The van der Waals surface area contributed by atoms with Crippen LogP contribution in [0.2, 0.25) is 5.02 Å². The van der Waals surface area contributed by atoms with Crippen LogP contribution in [0.4, 0.5) is 10.8 Å². The van der Waals surface area contributed by atoms with Crippen molar-refractivity contribution >= 4 is 44.0 Å². The number of aromatic nitrogens is 1. The molecule has 0 aliphatic carbocycles. The number of nitrogens with one attached hydrogen (secondary N) is 1. The molecule has 1 aromatic heterocycles. The second-order valence-corrected chi connectivity index (χ2v) is 5.60. The van der Waals surface area contributed by atoms with Crippen molar-refractivity contribution in [1.29, 1.82) is 0 Å². The first kappa shape index (κ1) is 13.2. The summed E-state index contributed by atoms with van der Waals surface area (Å²) in [6.45, 7) is 2.64. The van der Waals surface area contributed by atoms with E-state index in [0.29, 0.717) is 6.61 Å². The minimum atomic E-state index is 0.670. The van der Waals surface area contributed by atoms with Gasteiger partial charge in [0, 0.05) is 5.69 Å². The second kappa shape index (κ2) is 5.69. The number of thiazole rings is 1. The highest BCUT2D eigenvalue weighted by atomic mass is 35.5. The van der Waals surface area contributed by atoms with Crippen LogP contribution in [0.1, 0.15) is 6.92 Å². The Morgan fingerprint density at radius 3 is 2.70 bits per heavy atom. The van der Waals surface area contributed by atoms with Gasteiger partial charge in [-0.15, -0.1) is 0 Å². The van der Waals surface area contributed by atoms with Crippen molar-refractivity contribution in [2.24, 2.45) is 0 Å². The molecule has 1 N–H and O–H groups in total. The first-order valence-corrected chi connectivity index (χ1v) is 7.50. The quantitative estimate of drug-likeness (QED) is 0.729. The third-order valence-electron chi connectivity index (χ3n) is 2.78. The summed E-state index contributed by atoms with van der Waals surface area (Å²) in [4.78, 5) is 4.52. The Morgan fingerprint density at radius 2 is 2.00 bits per heavy atom. The molecule has 1 heterocycles. The summed E-state index contributed by atoms with van der Waals surface area (Å²) in [5.41, 5.74) is 1.89. The number of rotatable bonds is 4. The van der Waals surface area contributed by atoms with E-state index < -0.39 is 0 Å². The van der Waals surface area contributed by atoms with Crippen LogP contribution in [0.15, 0.2) is 42.5 Å². The van der Waals surface area contributed by atoms with Crippen molar-refractivity contribution in [3.8, 4) is 5.75 Å². The van der Waals surface area contributed by atoms with Crippen molar-refractivity contribution in [2.45, 2.75) is 6.92 Å². The minimum Gasteiger partial charge on any atom is -0.494 e. The van der Waals surface area contributed by atoms with E-state index in [1.54, 1.807) is 11.3 Å². The average Bonchev–Trinajstić information content (AvgIpc) is 2.85. The maximum absolute atomic E-state index is 6.16. The highest BCUT2D eigenvalue weighted by Gasteiger charge is 2.06. The van der Waals surface area contributed by atoms with E-state index in [4.69, 9.17) is 16.3 Å². The fourth-order valence-electron chi connectivity index (χ4n) is 1.89. The van der Waals surface area contributed by atoms with Crippen LogP contribution in [-0.4, -0.2) is 11.6 Å². The molecule has 3 nitrogen and oxygen atoms in total. The molecule has 0 aliphatic rings. The Kier molecular flexibility index (Phi) is 3.76. The zero-order chi connectivity index (χ0) is 13.9. The Hall–Kier alpha value is -1.78. The highest BCUT2D eigenvalue weighted by molar-refractivity contribution is 7.22. The van der Waals surface area contributed by atoms with E-state index >= 15 is 0 Å². The summed E-state index contributed by atoms with van der Waals surface area (Å²) in [5, 5.41) is 4.85. The Bertz CT molecular complexity index is 724. The van der Waals surface area contributed by atoms with E-state index in [1.807, 2.05) is 49.4 Å². The Morgan fingerprint density at radius 1 is 1.20 bits per heavy atom. The average molecular weight is 305 g/mol. The smallest absolute Gasteiger partial charge is 0.188 e. The predicted octanol–water partition coefficient (Wildman–Crippen LogP) is 5.09. The van der Waals surface area contributed by atoms with Gasteiger partial charge >= 0.3 is 0 Å². The normalized spacial score (nSPS) is 10.7. The molecule has 3 rings (SSSR count). The van der Waals surface area contributed by atoms with Gasteiger partial charge in [-0.25, -0.2) is 4.98 Å². The lowest BCUT2D eigenvalue weighted by Crippen LogP contribution is -1.92. The van der Waals surface area contributed by atoms with Crippen molar-refractivity contribution in [3.63, 3.8) is 0 Å². The molecule has 3 aromatic rings. The van der Waals surface area contributed by atoms with Gasteiger partial charge in [-0.2, -0.15) is 0 Å². The summed E-state index contributed by atoms with van der Waals surface area (Å²) in [6, 6.07) is 13.6. The highest BCUT2D eigenvalue weighted by Crippen LogP contribution is 2.33. The molecule has 102 valence electrons. The second-order valence-electron chi connectivity index (χ2n) is 4.19. The molecule has 2 aromatic carbocycles. The number of fused-ring (bicyclic) bond motifs is 1. The maximum Gasteiger partial charge on any atom is 0.188 e. The lowest BCUT2D eigenvalue weighted by Gasteiger charge is -2.05. The summed E-state index contributed by atoms with van der Waals surface area (Å²) >= 11 is 7.70. The molecular formula is C15H13ClN2OS. The summed E-state index contributed by atoms with van der Waals surface area (Å²) in [6.07, 6.45) is 0. The van der Waals surface area contributed by atoms with Gasteiger partial charge in [-0.3, -0.25) is 0 Å². The van der Waals surface area contributed by atoms with Gasteiger partial charge < -0.3 is 10.1 Å². The molecule has 0 aliphatic heterocycles. The number of benzene rings is 2. The standard InChI is InChI=1S/C15H13ClN2OS/c1-2-19-11-8-6-10(7-9-11)17-15-18-13-5-3-4-12(16)14(13)20-15/h3-9H,2H2,1H3,(H,17,18). The topological polar surface area (TPSA) is 34.1 Å². The van der Waals surface area contributed by atoms with Crippen molar-refractivity contribution in [2.75, 3.05) is 11.9 Å². The van der Waals surface area contributed by atoms with E-state index in [0.717, 1.165) is 31.8 Å². The van der Waals surface area contributed by atoms with Crippen molar-refractivity contribution < 1.29 is 4.74 Å². The minimum absolute atomic E-state index is 0.670. The van der Waals surface area contributed by atoms with Crippen LogP contribution < -0.4 is 10.1 Å². The van der Waals surface area contributed by atoms with Crippen LogP contribution in [0.3, 0.4) is 0 Å². The fraction of sp³-hybridized carbons (Fsp3) is 0.133. The van der Waals surface area contributed by atoms with Gasteiger partial charge in [-0.1, -0.05) is 29.0 Å². The summed E-state index contributed by atoms with van der Waals surface area (Å²) in [5.74, 6) is 0.866. The van der Waals surface area contributed by atoms with Gasteiger partial charge in [-0.05, 0) is 43.3 Å². The van der Waals surface area contributed by atoms with Gasteiger partial charge in [0.05, 0.1) is 21.8 Å². The SMILES string of the molecule is CCOc1ccc(Nc2nc3cccc(Cl)c3s2)cc1. The zero-order valence-corrected chi connectivity index (χ0v) is 12.5. The van der Waals surface area contributed by atoms with E-state index in [2.05, 4.69) is 10.3 Å². The van der Waals surface area contributed by atoms with Gasteiger partial charge in [0.1, 0.15) is 5.75 Å². The molecule has 0 amide bonds. The molecule has 20 heavy (non-hydrogen) atoms. The number of anilines is 2. The lowest BCUT2D eigenvalue weighted by atomic mass is 10.3. The van der Waals surface area contributed by atoms with Gasteiger partial charge in [0.25, 0.3) is 0 Å². The van der Waals surface area contributed by atoms with E-state index in [9.17, 15) is 0 Å². The van der Waals surface area contributed by atoms with E-state index in [1.165, 1.54) is 0 Å².